The number of ether oxygens (including phenoxy) is 4. The highest BCUT2D eigenvalue weighted by atomic mass is 16.7. The summed E-state index contributed by atoms with van der Waals surface area (Å²) in [6, 6.07) is 0. The third kappa shape index (κ3) is 2.31. The average molecular weight is 322 g/mol. The van der Waals surface area contributed by atoms with Gasteiger partial charge < -0.3 is 18.9 Å². The summed E-state index contributed by atoms with van der Waals surface area (Å²) in [5, 5.41) is 0. The molecular formula is C17H22O6. The van der Waals surface area contributed by atoms with Gasteiger partial charge in [0.1, 0.15) is 18.3 Å². The van der Waals surface area contributed by atoms with Crippen LogP contribution in [0.1, 0.15) is 40.0 Å². The zero-order valence-corrected chi connectivity index (χ0v) is 13.7. The maximum atomic E-state index is 12.1. The summed E-state index contributed by atoms with van der Waals surface area (Å²) in [5.74, 6) is -1.18. The highest BCUT2D eigenvalue weighted by Gasteiger charge is 2.66. The molecule has 3 saturated heterocycles. The average Bonchev–Trinajstić information content (AvgIpc) is 3.27. The largest absolute Gasteiger partial charge is 0.462 e. The van der Waals surface area contributed by atoms with Crippen LogP contribution >= 0.6 is 0 Å². The van der Waals surface area contributed by atoms with Crippen molar-refractivity contribution in [2.45, 2.75) is 75.7 Å². The minimum absolute atomic E-state index is 0.144. The molecule has 6 nitrogen and oxygen atoms in total. The van der Waals surface area contributed by atoms with Gasteiger partial charge in [0, 0.05) is 18.9 Å². The molecule has 6 heteroatoms. The van der Waals surface area contributed by atoms with E-state index in [0.29, 0.717) is 12.0 Å². The standard InChI is InChI=1S/C17H22O6/c1-8-12-10(20-9(2)18)7-17(4)11(22-17)5-6-16(3)14(23-16)13(12)21-15(8)19/h10-14H,1,5-7H2,2-4H3/t10?,11?,12?,13?,14?,16-,17+/m1/s1. The van der Waals surface area contributed by atoms with Gasteiger partial charge in [-0.2, -0.15) is 0 Å². The molecule has 0 aromatic rings. The van der Waals surface area contributed by atoms with Gasteiger partial charge in [-0.25, -0.2) is 4.79 Å². The minimum atomic E-state index is -0.488. The van der Waals surface area contributed by atoms with Crippen LogP contribution in [-0.2, 0) is 28.5 Å². The fourth-order valence-corrected chi connectivity index (χ4v) is 4.27. The van der Waals surface area contributed by atoms with E-state index in [-0.39, 0.29) is 35.3 Å². The first kappa shape index (κ1) is 15.1. The molecule has 1 saturated carbocycles. The molecule has 5 unspecified atom stereocenters. The van der Waals surface area contributed by atoms with E-state index in [9.17, 15) is 9.59 Å². The lowest BCUT2D eigenvalue weighted by Crippen LogP contribution is -2.40. The van der Waals surface area contributed by atoms with Gasteiger partial charge in [-0.3, -0.25) is 4.79 Å². The molecule has 0 amide bonds. The lowest BCUT2D eigenvalue weighted by Gasteiger charge is -2.28. The lowest BCUT2D eigenvalue weighted by atomic mass is 9.79. The first-order valence-corrected chi connectivity index (χ1v) is 8.16. The lowest BCUT2D eigenvalue weighted by molar-refractivity contribution is -0.151. The van der Waals surface area contributed by atoms with Crippen LogP contribution in [0.5, 0.6) is 0 Å². The monoisotopic (exact) mass is 322 g/mol. The summed E-state index contributed by atoms with van der Waals surface area (Å²) in [5.41, 5.74) is -0.270. The van der Waals surface area contributed by atoms with Gasteiger partial charge in [0.15, 0.2) is 0 Å². The van der Waals surface area contributed by atoms with Gasteiger partial charge in [-0.05, 0) is 26.7 Å². The Morgan fingerprint density at radius 3 is 2.74 bits per heavy atom. The van der Waals surface area contributed by atoms with Crippen LogP contribution in [0.15, 0.2) is 12.2 Å². The van der Waals surface area contributed by atoms with Gasteiger partial charge in [0.05, 0.1) is 23.2 Å². The maximum absolute atomic E-state index is 12.1. The number of rotatable bonds is 1. The van der Waals surface area contributed by atoms with Crippen LogP contribution in [0.2, 0.25) is 0 Å². The second kappa shape index (κ2) is 4.57. The number of carbonyl (C=O) groups is 2. The van der Waals surface area contributed by atoms with Gasteiger partial charge >= 0.3 is 11.9 Å². The zero-order chi connectivity index (χ0) is 16.6. The number of fused-ring (bicyclic) bond motifs is 4. The highest BCUT2D eigenvalue weighted by Crippen LogP contribution is 2.54. The fourth-order valence-electron chi connectivity index (χ4n) is 4.27. The molecule has 0 radical (unpaired) electrons. The van der Waals surface area contributed by atoms with E-state index in [0.717, 1.165) is 12.8 Å². The summed E-state index contributed by atoms with van der Waals surface area (Å²) in [7, 11) is 0. The third-order valence-electron chi connectivity index (χ3n) is 5.76. The van der Waals surface area contributed by atoms with E-state index in [1.165, 1.54) is 6.92 Å². The van der Waals surface area contributed by atoms with Crippen molar-refractivity contribution < 1.29 is 28.5 Å². The van der Waals surface area contributed by atoms with E-state index in [1.54, 1.807) is 0 Å². The van der Waals surface area contributed by atoms with Gasteiger partial charge in [-0.1, -0.05) is 6.58 Å². The highest BCUT2D eigenvalue weighted by molar-refractivity contribution is 5.91. The van der Waals surface area contributed by atoms with Crippen LogP contribution in [0, 0.1) is 5.92 Å². The molecule has 0 aromatic heterocycles. The summed E-state index contributed by atoms with van der Waals surface area (Å²) in [6.07, 6.45) is 1.34. The smallest absolute Gasteiger partial charge is 0.334 e. The predicted octanol–water partition coefficient (Wildman–Crippen LogP) is 1.51. The summed E-state index contributed by atoms with van der Waals surface area (Å²) in [6.45, 7) is 9.31. The second-order valence-electron chi connectivity index (χ2n) is 7.58. The van der Waals surface area contributed by atoms with Crippen molar-refractivity contribution in [3.8, 4) is 0 Å². The zero-order valence-electron chi connectivity index (χ0n) is 13.7. The molecule has 3 aliphatic heterocycles. The van der Waals surface area contributed by atoms with Crippen molar-refractivity contribution >= 4 is 11.9 Å². The molecule has 23 heavy (non-hydrogen) atoms. The predicted molar refractivity (Wildman–Crippen MR) is 78.5 cm³/mol. The minimum Gasteiger partial charge on any atom is -0.462 e. The van der Waals surface area contributed by atoms with Crippen molar-refractivity contribution in [3.05, 3.63) is 12.2 Å². The molecular weight excluding hydrogens is 300 g/mol. The molecule has 1 aliphatic carbocycles. The van der Waals surface area contributed by atoms with Crippen LogP contribution in [-0.4, -0.2) is 47.6 Å². The molecule has 0 N–H and O–H groups in total. The van der Waals surface area contributed by atoms with Crippen molar-refractivity contribution in [1.82, 2.24) is 0 Å². The van der Waals surface area contributed by atoms with Crippen LogP contribution in [0.3, 0.4) is 0 Å². The Kier molecular flexibility index (Phi) is 3.01. The van der Waals surface area contributed by atoms with Crippen LogP contribution in [0.25, 0.3) is 0 Å². The van der Waals surface area contributed by atoms with E-state index >= 15 is 0 Å². The number of hydrogen-bond acceptors (Lipinski definition) is 6. The van der Waals surface area contributed by atoms with Crippen molar-refractivity contribution in [2.75, 3.05) is 0 Å². The van der Waals surface area contributed by atoms with E-state index in [1.807, 2.05) is 13.8 Å². The van der Waals surface area contributed by atoms with Crippen molar-refractivity contribution in [2.24, 2.45) is 5.92 Å². The molecule has 0 aromatic carbocycles. The molecule has 0 spiro atoms. The number of epoxide rings is 2. The Labute approximate surface area is 135 Å². The van der Waals surface area contributed by atoms with E-state index in [4.69, 9.17) is 18.9 Å². The second-order valence-corrected chi connectivity index (χ2v) is 7.58. The first-order valence-electron chi connectivity index (χ1n) is 8.16. The normalized spacial score (nSPS) is 51.0. The number of hydrogen-bond donors (Lipinski definition) is 0. The van der Waals surface area contributed by atoms with Gasteiger partial charge in [0.25, 0.3) is 0 Å². The molecule has 4 rings (SSSR count). The van der Waals surface area contributed by atoms with Gasteiger partial charge in [-0.15, -0.1) is 0 Å². The molecule has 3 heterocycles. The Balaban J connectivity index is 1.69. The molecule has 7 atom stereocenters. The van der Waals surface area contributed by atoms with Crippen molar-refractivity contribution in [1.29, 1.82) is 0 Å². The maximum Gasteiger partial charge on any atom is 0.334 e. The van der Waals surface area contributed by atoms with Crippen molar-refractivity contribution in [3.63, 3.8) is 0 Å². The van der Waals surface area contributed by atoms with E-state index in [2.05, 4.69) is 6.58 Å². The molecule has 126 valence electrons. The van der Waals surface area contributed by atoms with E-state index < -0.39 is 18.2 Å². The quantitative estimate of drug-likeness (QED) is 0.414. The van der Waals surface area contributed by atoms with Gasteiger partial charge in [0.2, 0.25) is 0 Å². The summed E-state index contributed by atoms with van der Waals surface area (Å²) < 4.78 is 22.8. The Hall–Kier alpha value is -1.40. The van der Waals surface area contributed by atoms with Crippen LogP contribution < -0.4 is 0 Å². The van der Waals surface area contributed by atoms with Crippen LogP contribution in [0.4, 0.5) is 0 Å². The molecule has 4 fully saturated rings. The number of carbonyl (C=O) groups excluding carboxylic acids is 2. The Morgan fingerprint density at radius 2 is 2.04 bits per heavy atom. The summed E-state index contributed by atoms with van der Waals surface area (Å²) >= 11 is 0. The SMILES string of the molecule is C=C1C(=O)OC2C1C(OC(C)=O)C[C@]1(C)OC1CC[C@@]1(C)OC21. The molecule has 0 bridgehead atoms. The topological polar surface area (TPSA) is 77.7 Å². The fraction of sp³-hybridized carbons (Fsp3) is 0.765. The number of esters is 2. The first-order chi connectivity index (χ1) is 10.7. The third-order valence-corrected chi connectivity index (χ3v) is 5.76. The Morgan fingerprint density at radius 1 is 1.30 bits per heavy atom. The Bertz CT molecular complexity index is 600. The molecule has 4 aliphatic rings. The summed E-state index contributed by atoms with van der Waals surface area (Å²) in [4.78, 5) is 23.6.